The van der Waals surface area contributed by atoms with Gasteiger partial charge in [0.05, 0.1) is 5.69 Å². The zero-order chi connectivity index (χ0) is 12.4. The molecule has 1 aromatic rings. The van der Waals surface area contributed by atoms with E-state index in [-0.39, 0.29) is 11.8 Å². The first-order valence-electron chi connectivity index (χ1n) is 5.75. The molecule has 0 bridgehead atoms. The Morgan fingerprint density at radius 2 is 2.12 bits per heavy atom. The number of ether oxygens (including phenoxy) is 1. The second-order valence-electron chi connectivity index (χ2n) is 4.51. The molecule has 2 rings (SSSR count). The van der Waals surface area contributed by atoms with E-state index < -0.39 is 5.97 Å². The molecule has 0 amide bonds. The third-order valence-electron chi connectivity index (χ3n) is 2.99. The fourth-order valence-electron chi connectivity index (χ4n) is 1.98. The highest BCUT2D eigenvalue weighted by molar-refractivity contribution is 5.92. The predicted molar refractivity (Wildman–Crippen MR) is 63.6 cm³/mol. The van der Waals surface area contributed by atoms with Gasteiger partial charge in [0.25, 0.3) is 0 Å². The Balaban J connectivity index is 1.95. The van der Waals surface area contributed by atoms with Crippen LogP contribution in [0.25, 0.3) is 0 Å². The van der Waals surface area contributed by atoms with Crippen LogP contribution in [0.4, 0.5) is 5.69 Å². The van der Waals surface area contributed by atoms with Crippen LogP contribution in [0.3, 0.4) is 0 Å². The predicted octanol–water partition coefficient (Wildman–Crippen LogP) is 0.253. The summed E-state index contributed by atoms with van der Waals surface area (Å²) in [5, 5.41) is 4.00. The summed E-state index contributed by atoms with van der Waals surface area (Å²) in [4.78, 5) is 14.1. The molecule has 1 saturated heterocycles. The zero-order valence-corrected chi connectivity index (χ0v) is 10.2. The Morgan fingerprint density at radius 3 is 2.65 bits per heavy atom. The van der Waals surface area contributed by atoms with Gasteiger partial charge in [-0.15, -0.1) is 0 Å². The maximum absolute atomic E-state index is 11.8. The van der Waals surface area contributed by atoms with Crippen LogP contribution in [-0.4, -0.2) is 46.9 Å². The van der Waals surface area contributed by atoms with Crippen molar-refractivity contribution in [1.29, 1.82) is 0 Å². The second kappa shape index (κ2) is 4.75. The van der Waals surface area contributed by atoms with E-state index in [2.05, 4.69) is 17.0 Å². The molecule has 1 aromatic heterocycles. The molecule has 2 N–H and O–H groups in total. The van der Waals surface area contributed by atoms with Gasteiger partial charge in [0.1, 0.15) is 6.10 Å². The highest BCUT2D eigenvalue weighted by atomic mass is 16.5. The normalized spacial score (nSPS) is 18.2. The van der Waals surface area contributed by atoms with Gasteiger partial charge in [0, 0.05) is 26.3 Å². The Kier molecular flexibility index (Phi) is 3.33. The molecule has 1 fully saturated rings. The largest absolute Gasteiger partial charge is 0.457 e. The quantitative estimate of drug-likeness (QED) is 0.748. The van der Waals surface area contributed by atoms with Crippen molar-refractivity contribution >= 4 is 11.7 Å². The van der Waals surface area contributed by atoms with Crippen LogP contribution in [0.5, 0.6) is 0 Å². The summed E-state index contributed by atoms with van der Waals surface area (Å²) in [6.07, 6.45) is 3.33. The minimum absolute atomic E-state index is 0.0138. The van der Waals surface area contributed by atoms with Crippen LogP contribution in [0, 0.1) is 0 Å². The van der Waals surface area contributed by atoms with Gasteiger partial charge in [-0.2, -0.15) is 5.10 Å². The lowest BCUT2D eigenvalue weighted by molar-refractivity contribution is 0.0133. The Labute approximate surface area is 100 Å². The lowest BCUT2D eigenvalue weighted by atomic mass is 10.1. The van der Waals surface area contributed by atoms with Gasteiger partial charge >= 0.3 is 5.97 Å². The number of hydrogen-bond acceptors (Lipinski definition) is 5. The van der Waals surface area contributed by atoms with E-state index in [0.717, 1.165) is 25.9 Å². The van der Waals surface area contributed by atoms with Gasteiger partial charge in [-0.25, -0.2) is 4.79 Å². The number of aromatic nitrogens is 2. The smallest absolute Gasteiger partial charge is 0.361 e. The SMILES string of the molecule is CN1CCC(OC(=O)c2nn(C)cc2N)CC1. The highest BCUT2D eigenvalue weighted by Crippen LogP contribution is 2.16. The molecule has 0 saturated carbocycles. The van der Waals surface area contributed by atoms with E-state index in [4.69, 9.17) is 10.5 Å². The summed E-state index contributed by atoms with van der Waals surface area (Å²) in [5.74, 6) is -0.419. The molecule has 0 unspecified atom stereocenters. The molecule has 0 atom stereocenters. The minimum atomic E-state index is -0.419. The minimum Gasteiger partial charge on any atom is -0.457 e. The third kappa shape index (κ3) is 2.76. The molecule has 0 spiro atoms. The molecular weight excluding hydrogens is 220 g/mol. The lowest BCUT2D eigenvalue weighted by Gasteiger charge is -2.28. The first-order valence-corrected chi connectivity index (χ1v) is 5.75. The number of anilines is 1. The van der Waals surface area contributed by atoms with Crippen molar-refractivity contribution in [3.05, 3.63) is 11.9 Å². The zero-order valence-electron chi connectivity index (χ0n) is 10.2. The number of hydrogen-bond donors (Lipinski definition) is 1. The van der Waals surface area contributed by atoms with Crippen LogP contribution in [0.1, 0.15) is 23.3 Å². The van der Waals surface area contributed by atoms with E-state index in [1.165, 1.54) is 4.68 Å². The van der Waals surface area contributed by atoms with E-state index in [1.54, 1.807) is 13.2 Å². The lowest BCUT2D eigenvalue weighted by Crippen LogP contribution is -2.35. The third-order valence-corrected chi connectivity index (χ3v) is 2.99. The number of nitrogens with zero attached hydrogens (tertiary/aromatic N) is 3. The van der Waals surface area contributed by atoms with Crippen molar-refractivity contribution < 1.29 is 9.53 Å². The van der Waals surface area contributed by atoms with Gasteiger partial charge in [0.2, 0.25) is 0 Å². The van der Waals surface area contributed by atoms with Gasteiger partial charge in [-0.1, -0.05) is 0 Å². The van der Waals surface area contributed by atoms with E-state index in [1.807, 2.05) is 0 Å². The van der Waals surface area contributed by atoms with Gasteiger partial charge in [-0.3, -0.25) is 4.68 Å². The molecule has 0 aromatic carbocycles. The van der Waals surface area contributed by atoms with Crippen molar-refractivity contribution in [2.75, 3.05) is 25.9 Å². The van der Waals surface area contributed by atoms with Gasteiger partial charge in [-0.05, 0) is 19.9 Å². The second-order valence-corrected chi connectivity index (χ2v) is 4.51. The summed E-state index contributed by atoms with van der Waals surface area (Å²) in [6, 6.07) is 0. The number of nitrogen functional groups attached to an aromatic ring is 1. The maximum Gasteiger partial charge on any atom is 0.361 e. The summed E-state index contributed by atoms with van der Waals surface area (Å²) in [5.41, 5.74) is 6.26. The first kappa shape index (κ1) is 11.9. The number of aryl methyl sites for hydroxylation is 1. The monoisotopic (exact) mass is 238 g/mol. The average molecular weight is 238 g/mol. The number of rotatable bonds is 2. The van der Waals surface area contributed by atoms with Crippen molar-refractivity contribution in [2.24, 2.45) is 7.05 Å². The summed E-state index contributed by atoms with van der Waals surface area (Å²) < 4.78 is 6.91. The topological polar surface area (TPSA) is 73.4 Å². The van der Waals surface area contributed by atoms with Crippen molar-refractivity contribution in [2.45, 2.75) is 18.9 Å². The molecule has 1 aliphatic rings. The van der Waals surface area contributed by atoms with Crippen LogP contribution in [0.2, 0.25) is 0 Å². The molecule has 0 aliphatic carbocycles. The molecule has 0 radical (unpaired) electrons. The van der Waals surface area contributed by atoms with Gasteiger partial charge < -0.3 is 15.4 Å². The Hall–Kier alpha value is -1.56. The van der Waals surface area contributed by atoms with Crippen LogP contribution < -0.4 is 5.73 Å². The molecule has 94 valence electrons. The number of nitrogens with two attached hydrogens (primary N) is 1. The van der Waals surface area contributed by atoms with Crippen LogP contribution >= 0.6 is 0 Å². The average Bonchev–Trinajstić information content (AvgIpc) is 2.61. The summed E-state index contributed by atoms with van der Waals surface area (Å²) >= 11 is 0. The van der Waals surface area contributed by atoms with Crippen LogP contribution in [-0.2, 0) is 11.8 Å². The number of esters is 1. The van der Waals surface area contributed by atoms with Gasteiger partial charge in [0.15, 0.2) is 5.69 Å². The molecule has 17 heavy (non-hydrogen) atoms. The van der Waals surface area contributed by atoms with E-state index >= 15 is 0 Å². The fraction of sp³-hybridized carbons (Fsp3) is 0.636. The molecule has 1 aliphatic heterocycles. The number of piperidine rings is 1. The summed E-state index contributed by atoms with van der Waals surface area (Å²) in [7, 11) is 3.79. The highest BCUT2D eigenvalue weighted by Gasteiger charge is 2.23. The number of carbonyl (C=O) groups is 1. The standard InChI is InChI=1S/C11H18N4O2/c1-14-5-3-8(4-6-14)17-11(16)10-9(12)7-15(2)13-10/h7-8H,3-6,12H2,1-2H3. The Bertz CT molecular complexity index is 408. The van der Waals surface area contributed by atoms with E-state index in [9.17, 15) is 4.79 Å². The maximum atomic E-state index is 11.8. The fourth-order valence-corrected chi connectivity index (χ4v) is 1.98. The molecule has 6 heteroatoms. The van der Waals surface area contributed by atoms with E-state index in [0.29, 0.717) is 5.69 Å². The van der Waals surface area contributed by atoms with Crippen molar-refractivity contribution in [3.8, 4) is 0 Å². The van der Waals surface area contributed by atoms with Crippen molar-refractivity contribution in [3.63, 3.8) is 0 Å². The number of likely N-dealkylation sites (tertiary alicyclic amines) is 1. The summed E-state index contributed by atoms with van der Waals surface area (Å²) in [6.45, 7) is 1.91. The molecule has 2 heterocycles. The molecular formula is C11H18N4O2. The molecule has 6 nitrogen and oxygen atoms in total. The van der Waals surface area contributed by atoms with Crippen molar-refractivity contribution in [1.82, 2.24) is 14.7 Å². The van der Waals surface area contributed by atoms with Crippen LogP contribution in [0.15, 0.2) is 6.20 Å². The first-order chi connectivity index (χ1) is 8.06. The Morgan fingerprint density at radius 1 is 1.47 bits per heavy atom. The number of carbonyl (C=O) groups excluding carboxylic acids is 1.